The summed E-state index contributed by atoms with van der Waals surface area (Å²) < 4.78 is 0. The molecule has 2 saturated heterocycles. The first-order valence-corrected chi connectivity index (χ1v) is 2.21. The molecule has 0 aromatic carbocycles. The molecule has 0 spiro atoms. The van der Waals surface area contributed by atoms with E-state index in [-0.39, 0.29) is 0 Å². The van der Waals surface area contributed by atoms with E-state index in [1.165, 1.54) is 6.54 Å². The second-order valence-corrected chi connectivity index (χ2v) is 1.78. The van der Waals surface area contributed by atoms with Gasteiger partial charge in [0.25, 0.3) is 0 Å². The van der Waals surface area contributed by atoms with E-state index in [9.17, 15) is 0 Å². The van der Waals surface area contributed by atoms with Crippen molar-refractivity contribution < 1.29 is 0 Å². The zero-order valence-corrected chi connectivity index (χ0v) is 3.36. The van der Waals surface area contributed by atoms with Crippen molar-refractivity contribution >= 4 is 0 Å². The van der Waals surface area contributed by atoms with Gasteiger partial charge in [-0.3, -0.25) is 0 Å². The number of rotatable bonds is 1. The summed E-state index contributed by atoms with van der Waals surface area (Å²) in [5, 5.41) is 3.17. The van der Waals surface area contributed by atoms with Gasteiger partial charge in [0.05, 0.1) is 12.2 Å². The van der Waals surface area contributed by atoms with E-state index in [2.05, 4.69) is 16.2 Å². The van der Waals surface area contributed by atoms with Crippen LogP contribution in [-0.4, -0.2) is 18.8 Å². The minimum Gasteiger partial charge on any atom is -0.308 e. The van der Waals surface area contributed by atoms with Gasteiger partial charge in [0.15, 0.2) is 0 Å². The molecule has 3 nitrogen and oxygen atoms in total. The molecule has 0 aromatic heterocycles. The van der Waals surface area contributed by atoms with Gasteiger partial charge in [-0.25, -0.2) is 10.9 Å². The molecule has 3 N–H and O–H groups in total. The molecule has 6 heavy (non-hydrogen) atoms. The monoisotopic (exact) mass is 85.1 g/mol. The van der Waals surface area contributed by atoms with Gasteiger partial charge in [0, 0.05) is 6.54 Å². The maximum atomic E-state index is 3.17. The normalized spacial score (nSPS) is 43.0. The molecule has 2 rings (SSSR count). The molecule has 2 aliphatic heterocycles. The van der Waals surface area contributed by atoms with Gasteiger partial charge in [-0.2, -0.15) is 0 Å². The van der Waals surface area contributed by atoms with Crippen molar-refractivity contribution in [3.05, 3.63) is 0 Å². The average molecular weight is 85.1 g/mol. The zero-order valence-electron chi connectivity index (χ0n) is 3.36. The van der Waals surface area contributed by atoms with Gasteiger partial charge in [0.2, 0.25) is 0 Å². The summed E-state index contributed by atoms with van der Waals surface area (Å²) in [4.78, 5) is 0. The van der Waals surface area contributed by atoms with E-state index in [4.69, 9.17) is 0 Å². The van der Waals surface area contributed by atoms with Crippen LogP contribution in [0.2, 0.25) is 0 Å². The van der Waals surface area contributed by atoms with Crippen LogP contribution in [0.25, 0.3) is 0 Å². The lowest BCUT2D eigenvalue weighted by Crippen LogP contribution is -2.04. The van der Waals surface area contributed by atoms with Crippen LogP contribution < -0.4 is 16.2 Å². The summed E-state index contributed by atoms with van der Waals surface area (Å²) in [6.45, 7) is 1.19. The van der Waals surface area contributed by atoms with Gasteiger partial charge in [-0.15, -0.1) is 0 Å². The third-order valence-electron chi connectivity index (χ3n) is 1.15. The van der Waals surface area contributed by atoms with E-state index in [1.807, 2.05) is 0 Å². The van der Waals surface area contributed by atoms with Crippen molar-refractivity contribution in [2.75, 3.05) is 6.54 Å². The second kappa shape index (κ2) is 0.753. The van der Waals surface area contributed by atoms with Crippen LogP contribution >= 0.6 is 0 Å². The molecule has 0 amide bonds. The molecule has 0 aliphatic carbocycles. The van der Waals surface area contributed by atoms with Crippen molar-refractivity contribution in [1.82, 2.24) is 16.2 Å². The van der Waals surface area contributed by atoms with Crippen LogP contribution in [-0.2, 0) is 0 Å². The van der Waals surface area contributed by atoms with Crippen molar-refractivity contribution in [3.63, 3.8) is 0 Å². The predicted octanol–water partition coefficient (Wildman–Crippen LogP) is -1.61. The largest absolute Gasteiger partial charge is 0.308 e. The van der Waals surface area contributed by atoms with Gasteiger partial charge in [-0.05, 0) is 0 Å². The molecular weight excluding hydrogens is 78.1 g/mol. The maximum Gasteiger partial charge on any atom is 0.0997 e. The molecule has 0 saturated carbocycles. The summed E-state index contributed by atoms with van der Waals surface area (Å²) in [6, 6.07) is 0.741. The molecular formula is C3H7N3. The zero-order chi connectivity index (χ0) is 3.98. The lowest BCUT2D eigenvalue weighted by atomic mass is 10.4. The lowest BCUT2D eigenvalue weighted by molar-refractivity contribution is 0.884. The minimum absolute atomic E-state index is 0.602. The van der Waals surface area contributed by atoms with Gasteiger partial charge in [0.1, 0.15) is 0 Å². The Morgan fingerprint density at radius 1 is 1.33 bits per heavy atom. The first-order chi connectivity index (χ1) is 2.97. The van der Waals surface area contributed by atoms with Crippen molar-refractivity contribution in [1.29, 1.82) is 0 Å². The second-order valence-electron chi connectivity index (χ2n) is 1.78. The Hall–Kier alpha value is -0.120. The van der Waals surface area contributed by atoms with Crippen LogP contribution in [0.4, 0.5) is 0 Å². The summed E-state index contributed by atoms with van der Waals surface area (Å²) in [7, 11) is 0. The molecule has 0 bridgehead atoms. The van der Waals surface area contributed by atoms with Crippen molar-refractivity contribution in [3.8, 4) is 0 Å². The minimum atomic E-state index is 0.602. The third-order valence-corrected chi connectivity index (χ3v) is 1.15. The Balaban J connectivity index is 1.92. The predicted molar refractivity (Wildman–Crippen MR) is 21.9 cm³/mol. The SMILES string of the molecule is C1NC1C1NN1. The van der Waals surface area contributed by atoms with Gasteiger partial charge < -0.3 is 5.32 Å². The molecule has 34 valence electrons. The molecule has 0 radical (unpaired) electrons. The Kier molecular flexibility index (Phi) is 0.371. The molecule has 2 aliphatic rings. The summed E-state index contributed by atoms with van der Waals surface area (Å²) in [5.41, 5.74) is 5.97. The molecule has 0 aromatic rings. The molecule has 1 atom stereocenters. The number of hydrogen-bond donors (Lipinski definition) is 3. The molecule has 2 fully saturated rings. The fourth-order valence-electron chi connectivity index (χ4n) is 0.553. The van der Waals surface area contributed by atoms with Crippen molar-refractivity contribution in [2.45, 2.75) is 12.2 Å². The third kappa shape index (κ3) is 0.330. The first-order valence-electron chi connectivity index (χ1n) is 2.21. The highest BCUT2D eigenvalue weighted by atomic mass is 15.6. The molecule has 3 heteroatoms. The highest BCUT2D eigenvalue weighted by Crippen LogP contribution is 2.05. The van der Waals surface area contributed by atoms with Crippen molar-refractivity contribution in [2.24, 2.45) is 0 Å². The Morgan fingerprint density at radius 3 is 2.17 bits per heavy atom. The van der Waals surface area contributed by atoms with Crippen LogP contribution in [0.15, 0.2) is 0 Å². The summed E-state index contributed by atoms with van der Waals surface area (Å²) >= 11 is 0. The standard InChI is InChI=1S/C3H7N3/c1-2(4-1)3-5-6-3/h2-6H,1H2. The topological polar surface area (TPSA) is 65.8 Å². The average Bonchev–Trinajstić information content (AvgIpc) is 2.26. The van der Waals surface area contributed by atoms with Crippen LogP contribution in [0.1, 0.15) is 0 Å². The lowest BCUT2D eigenvalue weighted by Gasteiger charge is -1.72. The summed E-state index contributed by atoms with van der Waals surface area (Å²) in [6.07, 6.45) is 0.602. The number of hydrazine groups is 1. The molecule has 1 unspecified atom stereocenters. The first kappa shape index (κ1) is 2.96. The van der Waals surface area contributed by atoms with E-state index < -0.39 is 0 Å². The smallest absolute Gasteiger partial charge is 0.0997 e. The Bertz CT molecular complexity index is 54.4. The summed E-state index contributed by atoms with van der Waals surface area (Å²) in [5.74, 6) is 0. The van der Waals surface area contributed by atoms with Gasteiger partial charge >= 0.3 is 0 Å². The maximum absolute atomic E-state index is 3.17. The quantitative estimate of drug-likeness (QED) is 0.336. The fourth-order valence-corrected chi connectivity index (χ4v) is 0.553. The highest BCUT2D eigenvalue weighted by molar-refractivity contribution is 4.97. The van der Waals surface area contributed by atoms with E-state index in [0.29, 0.717) is 6.17 Å². The van der Waals surface area contributed by atoms with Crippen LogP contribution in [0.3, 0.4) is 0 Å². The fraction of sp³-hybridized carbons (Fsp3) is 1.00. The van der Waals surface area contributed by atoms with Crippen LogP contribution in [0, 0.1) is 0 Å². The van der Waals surface area contributed by atoms with Crippen LogP contribution in [0.5, 0.6) is 0 Å². The van der Waals surface area contributed by atoms with E-state index in [1.54, 1.807) is 0 Å². The van der Waals surface area contributed by atoms with E-state index >= 15 is 0 Å². The molecule has 2 heterocycles. The number of hydrogen-bond acceptors (Lipinski definition) is 3. The Labute approximate surface area is 36.1 Å². The number of nitrogens with one attached hydrogen (secondary N) is 3. The van der Waals surface area contributed by atoms with Gasteiger partial charge in [-0.1, -0.05) is 0 Å². The van der Waals surface area contributed by atoms with E-state index in [0.717, 1.165) is 6.04 Å². The highest BCUT2D eigenvalue weighted by Gasteiger charge is 2.37. The Morgan fingerprint density at radius 2 is 2.00 bits per heavy atom.